The molecule has 1 aromatic carbocycles. The first kappa shape index (κ1) is 18.8. The van der Waals surface area contributed by atoms with Crippen LogP contribution in [0.4, 0.5) is 0 Å². The first-order valence-corrected chi connectivity index (χ1v) is 9.31. The number of carbonyl (C=O) groups excluding carboxylic acids is 1. The first-order valence-electron chi connectivity index (χ1n) is 9.31. The zero-order valence-electron chi connectivity index (χ0n) is 15.4. The van der Waals surface area contributed by atoms with Gasteiger partial charge in [0.1, 0.15) is 5.75 Å². The van der Waals surface area contributed by atoms with Crippen molar-refractivity contribution in [3.63, 3.8) is 0 Å². The van der Waals surface area contributed by atoms with Crippen molar-refractivity contribution in [2.75, 3.05) is 26.2 Å². The molecule has 1 aliphatic rings. The number of hydrogen-bond acceptors (Lipinski definition) is 3. The van der Waals surface area contributed by atoms with Crippen LogP contribution in [0.5, 0.6) is 5.75 Å². The topological polar surface area (TPSA) is 41.6 Å². The lowest BCUT2D eigenvalue weighted by molar-refractivity contribution is -0.126. The van der Waals surface area contributed by atoms with Crippen LogP contribution in [0.3, 0.4) is 0 Å². The lowest BCUT2D eigenvalue weighted by Gasteiger charge is -2.32. The highest BCUT2D eigenvalue weighted by Crippen LogP contribution is 2.24. The van der Waals surface area contributed by atoms with E-state index in [4.69, 9.17) is 4.74 Å². The van der Waals surface area contributed by atoms with Crippen molar-refractivity contribution >= 4 is 5.91 Å². The zero-order valence-corrected chi connectivity index (χ0v) is 15.4. The average molecular weight is 332 g/mol. The van der Waals surface area contributed by atoms with E-state index in [1.807, 2.05) is 12.1 Å². The van der Waals surface area contributed by atoms with Crippen LogP contribution in [-0.4, -0.2) is 37.0 Å². The van der Waals surface area contributed by atoms with Crippen LogP contribution in [0.25, 0.3) is 0 Å². The Kier molecular flexibility index (Phi) is 7.57. The van der Waals surface area contributed by atoms with Crippen molar-refractivity contribution in [1.29, 1.82) is 0 Å². The SMILES string of the molecule is CCCNC(=O)[C@H]1CCCN(Cc2ccccc2OCC(C)C)C1. The van der Waals surface area contributed by atoms with Crippen molar-refractivity contribution in [2.24, 2.45) is 11.8 Å². The number of carbonyl (C=O) groups is 1. The normalized spacial score (nSPS) is 18.6. The molecular weight excluding hydrogens is 300 g/mol. The van der Waals surface area contributed by atoms with Gasteiger partial charge in [0.15, 0.2) is 0 Å². The summed E-state index contributed by atoms with van der Waals surface area (Å²) < 4.78 is 5.96. The number of nitrogens with zero attached hydrogens (tertiary/aromatic N) is 1. The van der Waals surface area contributed by atoms with Gasteiger partial charge in [0.2, 0.25) is 5.91 Å². The maximum Gasteiger partial charge on any atom is 0.224 e. The van der Waals surface area contributed by atoms with E-state index >= 15 is 0 Å². The number of nitrogens with one attached hydrogen (secondary N) is 1. The molecule has 0 aromatic heterocycles. The Morgan fingerprint density at radius 3 is 2.92 bits per heavy atom. The average Bonchev–Trinajstić information content (AvgIpc) is 2.59. The van der Waals surface area contributed by atoms with Crippen molar-refractivity contribution in [1.82, 2.24) is 10.2 Å². The second kappa shape index (κ2) is 9.67. The Morgan fingerprint density at radius 1 is 1.38 bits per heavy atom. The lowest BCUT2D eigenvalue weighted by atomic mass is 9.96. The Morgan fingerprint density at radius 2 is 2.17 bits per heavy atom. The van der Waals surface area contributed by atoms with E-state index < -0.39 is 0 Å². The van der Waals surface area contributed by atoms with Gasteiger partial charge in [0, 0.05) is 25.2 Å². The van der Waals surface area contributed by atoms with Crippen molar-refractivity contribution in [3.8, 4) is 5.75 Å². The molecule has 1 aromatic rings. The quantitative estimate of drug-likeness (QED) is 0.793. The van der Waals surface area contributed by atoms with Crippen LogP contribution in [0.2, 0.25) is 0 Å². The minimum Gasteiger partial charge on any atom is -0.493 e. The zero-order chi connectivity index (χ0) is 17.4. The lowest BCUT2D eigenvalue weighted by Crippen LogP contribution is -2.42. The summed E-state index contributed by atoms with van der Waals surface area (Å²) in [6, 6.07) is 8.27. The molecule has 1 saturated heterocycles. The molecule has 134 valence electrons. The van der Waals surface area contributed by atoms with E-state index in [0.717, 1.165) is 57.8 Å². The highest BCUT2D eigenvalue weighted by Gasteiger charge is 2.25. The van der Waals surface area contributed by atoms with Gasteiger partial charge >= 0.3 is 0 Å². The maximum atomic E-state index is 12.2. The number of piperidine rings is 1. The number of rotatable bonds is 8. The first-order chi connectivity index (χ1) is 11.6. The predicted molar refractivity (Wildman–Crippen MR) is 98.1 cm³/mol. The molecule has 1 heterocycles. The molecule has 0 aliphatic carbocycles. The summed E-state index contributed by atoms with van der Waals surface area (Å²) in [5, 5.41) is 3.04. The number of ether oxygens (including phenoxy) is 1. The summed E-state index contributed by atoms with van der Waals surface area (Å²) in [7, 11) is 0. The molecule has 2 rings (SSSR count). The molecular formula is C20H32N2O2. The molecule has 4 heteroatoms. The second-order valence-electron chi connectivity index (χ2n) is 7.18. The smallest absolute Gasteiger partial charge is 0.224 e. The highest BCUT2D eigenvalue weighted by molar-refractivity contribution is 5.78. The molecule has 0 bridgehead atoms. The number of hydrogen-bond donors (Lipinski definition) is 1. The number of amides is 1. The molecule has 1 amide bonds. The van der Waals surface area contributed by atoms with E-state index in [0.29, 0.717) is 5.92 Å². The fourth-order valence-corrected chi connectivity index (χ4v) is 3.08. The molecule has 4 nitrogen and oxygen atoms in total. The minimum atomic E-state index is 0.119. The monoisotopic (exact) mass is 332 g/mol. The van der Waals surface area contributed by atoms with Gasteiger partial charge < -0.3 is 10.1 Å². The van der Waals surface area contributed by atoms with Gasteiger partial charge in [-0.25, -0.2) is 0 Å². The molecule has 0 saturated carbocycles. The van der Waals surface area contributed by atoms with E-state index in [1.165, 1.54) is 5.56 Å². The standard InChI is InChI=1S/C20H32N2O2/c1-4-11-21-20(23)18-9-7-12-22(14-18)13-17-8-5-6-10-19(17)24-15-16(2)3/h5-6,8,10,16,18H,4,7,9,11-15H2,1-3H3,(H,21,23)/t18-/m0/s1. The third-order valence-corrected chi connectivity index (χ3v) is 4.36. The largest absolute Gasteiger partial charge is 0.493 e. The molecule has 0 unspecified atom stereocenters. The van der Waals surface area contributed by atoms with Crippen molar-refractivity contribution < 1.29 is 9.53 Å². The van der Waals surface area contributed by atoms with E-state index in [-0.39, 0.29) is 11.8 Å². The summed E-state index contributed by atoms with van der Waals surface area (Å²) in [5.74, 6) is 1.82. The van der Waals surface area contributed by atoms with Gasteiger partial charge in [-0.05, 0) is 37.8 Å². The van der Waals surface area contributed by atoms with Crippen LogP contribution in [-0.2, 0) is 11.3 Å². The van der Waals surface area contributed by atoms with Gasteiger partial charge in [-0.15, -0.1) is 0 Å². The fraction of sp³-hybridized carbons (Fsp3) is 0.650. The fourth-order valence-electron chi connectivity index (χ4n) is 3.08. The molecule has 0 spiro atoms. The molecule has 0 radical (unpaired) electrons. The molecule has 1 atom stereocenters. The summed E-state index contributed by atoms with van der Waals surface area (Å²) in [5.41, 5.74) is 1.22. The maximum absolute atomic E-state index is 12.2. The molecule has 1 N–H and O–H groups in total. The molecule has 1 fully saturated rings. The van der Waals surface area contributed by atoms with Crippen LogP contribution < -0.4 is 10.1 Å². The summed E-state index contributed by atoms with van der Waals surface area (Å²) in [6.07, 6.45) is 3.07. The van der Waals surface area contributed by atoms with E-state index in [2.05, 4.69) is 43.1 Å². The van der Waals surface area contributed by atoms with Gasteiger partial charge in [-0.1, -0.05) is 39.0 Å². The Balaban J connectivity index is 1.94. The van der Waals surface area contributed by atoms with E-state index in [1.54, 1.807) is 0 Å². The highest BCUT2D eigenvalue weighted by atomic mass is 16.5. The summed E-state index contributed by atoms with van der Waals surface area (Å²) in [6.45, 7) is 10.7. The third kappa shape index (κ3) is 5.82. The van der Waals surface area contributed by atoms with Gasteiger partial charge in [-0.3, -0.25) is 9.69 Å². The Hall–Kier alpha value is -1.55. The van der Waals surface area contributed by atoms with Crippen LogP contribution in [0.1, 0.15) is 45.6 Å². The van der Waals surface area contributed by atoms with Gasteiger partial charge in [0.05, 0.1) is 12.5 Å². The number of likely N-dealkylation sites (tertiary alicyclic amines) is 1. The van der Waals surface area contributed by atoms with Crippen molar-refractivity contribution in [2.45, 2.75) is 46.6 Å². The van der Waals surface area contributed by atoms with Gasteiger partial charge in [0.25, 0.3) is 0 Å². The number of para-hydroxylation sites is 1. The third-order valence-electron chi connectivity index (χ3n) is 4.36. The van der Waals surface area contributed by atoms with Gasteiger partial charge in [-0.2, -0.15) is 0 Å². The predicted octanol–water partition coefficient (Wildman–Crippen LogP) is 3.46. The molecule has 24 heavy (non-hydrogen) atoms. The number of benzene rings is 1. The second-order valence-corrected chi connectivity index (χ2v) is 7.18. The minimum absolute atomic E-state index is 0.119. The Bertz CT molecular complexity index is 516. The van der Waals surface area contributed by atoms with Crippen LogP contribution in [0.15, 0.2) is 24.3 Å². The van der Waals surface area contributed by atoms with Crippen molar-refractivity contribution in [3.05, 3.63) is 29.8 Å². The molecule has 1 aliphatic heterocycles. The van der Waals surface area contributed by atoms with Crippen LogP contribution >= 0.6 is 0 Å². The Labute approximate surface area is 146 Å². The summed E-state index contributed by atoms with van der Waals surface area (Å²) >= 11 is 0. The van der Waals surface area contributed by atoms with Crippen LogP contribution in [0, 0.1) is 11.8 Å². The summed E-state index contributed by atoms with van der Waals surface area (Å²) in [4.78, 5) is 14.6. The van der Waals surface area contributed by atoms with E-state index in [9.17, 15) is 4.79 Å².